The highest BCUT2D eigenvalue weighted by atomic mass is 16.5. The van der Waals surface area contributed by atoms with Gasteiger partial charge in [0.1, 0.15) is 0 Å². The van der Waals surface area contributed by atoms with E-state index in [4.69, 9.17) is 10.5 Å². The Balaban J connectivity index is 4.27. The standard InChI is InChI=1S/C12H28N2O/c1-6-12(7-2,9-13)10-14(4)11(3)8-15-5/h11H,6-10,13H2,1-5H3. The zero-order valence-electron chi connectivity index (χ0n) is 11.0. The maximum absolute atomic E-state index is 5.89. The molecule has 0 rings (SSSR count). The minimum absolute atomic E-state index is 0.275. The van der Waals surface area contributed by atoms with Crippen LogP contribution in [0, 0.1) is 5.41 Å². The zero-order chi connectivity index (χ0) is 11.9. The fourth-order valence-corrected chi connectivity index (χ4v) is 1.88. The van der Waals surface area contributed by atoms with Gasteiger partial charge in [-0.3, -0.25) is 0 Å². The molecule has 0 fully saturated rings. The third-order valence-corrected chi connectivity index (χ3v) is 3.68. The van der Waals surface area contributed by atoms with Gasteiger partial charge in [0.15, 0.2) is 0 Å². The largest absolute Gasteiger partial charge is 0.383 e. The van der Waals surface area contributed by atoms with E-state index in [0.717, 1.165) is 32.5 Å². The molecule has 0 bridgehead atoms. The van der Waals surface area contributed by atoms with E-state index in [9.17, 15) is 0 Å². The zero-order valence-corrected chi connectivity index (χ0v) is 11.0. The minimum atomic E-state index is 0.275. The molecule has 15 heavy (non-hydrogen) atoms. The van der Waals surface area contributed by atoms with Gasteiger partial charge in [-0.25, -0.2) is 0 Å². The number of methoxy groups -OCH3 is 1. The summed E-state index contributed by atoms with van der Waals surface area (Å²) in [4.78, 5) is 2.35. The van der Waals surface area contributed by atoms with Crippen molar-refractivity contribution in [1.82, 2.24) is 4.90 Å². The number of nitrogens with zero attached hydrogens (tertiary/aromatic N) is 1. The van der Waals surface area contributed by atoms with Crippen LogP contribution in [0.1, 0.15) is 33.6 Å². The van der Waals surface area contributed by atoms with Crippen molar-refractivity contribution in [2.45, 2.75) is 39.7 Å². The molecule has 0 saturated carbocycles. The number of hydrogen-bond acceptors (Lipinski definition) is 3. The average Bonchev–Trinajstić information content (AvgIpc) is 2.26. The van der Waals surface area contributed by atoms with Crippen LogP contribution in [0.15, 0.2) is 0 Å². The molecular formula is C12H28N2O. The van der Waals surface area contributed by atoms with E-state index in [-0.39, 0.29) is 5.41 Å². The molecular weight excluding hydrogens is 188 g/mol. The summed E-state index contributed by atoms with van der Waals surface area (Å²) in [6.45, 7) is 9.25. The van der Waals surface area contributed by atoms with Crippen LogP contribution >= 0.6 is 0 Å². The van der Waals surface area contributed by atoms with Crippen molar-refractivity contribution >= 4 is 0 Å². The van der Waals surface area contributed by atoms with E-state index >= 15 is 0 Å². The second-order valence-corrected chi connectivity index (χ2v) is 4.63. The molecule has 0 aliphatic heterocycles. The van der Waals surface area contributed by atoms with Crippen LogP contribution in [-0.2, 0) is 4.74 Å². The summed E-state index contributed by atoms with van der Waals surface area (Å²) in [7, 11) is 3.90. The fraction of sp³-hybridized carbons (Fsp3) is 1.00. The third kappa shape index (κ3) is 4.49. The van der Waals surface area contributed by atoms with Gasteiger partial charge in [0, 0.05) is 19.7 Å². The van der Waals surface area contributed by atoms with Crippen molar-refractivity contribution in [3.05, 3.63) is 0 Å². The van der Waals surface area contributed by atoms with E-state index in [0.29, 0.717) is 6.04 Å². The summed E-state index contributed by atoms with van der Waals surface area (Å²) in [6.07, 6.45) is 2.29. The Morgan fingerprint density at radius 2 is 1.87 bits per heavy atom. The molecule has 0 aromatic carbocycles. The molecule has 1 atom stereocenters. The monoisotopic (exact) mass is 216 g/mol. The number of likely N-dealkylation sites (N-methyl/N-ethyl adjacent to an activating group) is 1. The summed E-state index contributed by atoms with van der Waals surface area (Å²) in [5, 5.41) is 0. The van der Waals surface area contributed by atoms with Crippen LogP contribution in [0.2, 0.25) is 0 Å². The lowest BCUT2D eigenvalue weighted by molar-refractivity contribution is 0.0790. The van der Waals surface area contributed by atoms with Crippen molar-refractivity contribution < 1.29 is 4.74 Å². The van der Waals surface area contributed by atoms with Crippen LogP contribution in [0.5, 0.6) is 0 Å². The van der Waals surface area contributed by atoms with Gasteiger partial charge in [-0.15, -0.1) is 0 Å². The van der Waals surface area contributed by atoms with Gasteiger partial charge < -0.3 is 15.4 Å². The van der Waals surface area contributed by atoms with Crippen LogP contribution in [-0.4, -0.2) is 44.8 Å². The molecule has 0 aliphatic rings. The van der Waals surface area contributed by atoms with Crippen LogP contribution in [0.25, 0.3) is 0 Å². The Kier molecular flexibility index (Phi) is 7.14. The first-order chi connectivity index (χ1) is 7.05. The van der Waals surface area contributed by atoms with E-state index in [2.05, 4.69) is 32.7 Å². The molecule has 0 radical (unpaired) electrons. The molecule has 0 aromatic rings. The van der Waals surface area contributed by atoms with Crippen LogP contribution in [0.4, 0.5) is 0 Å². The summed E-state index contributed by atoms with van der Waals surface area (Å²) in [5.74, 6) is 0. The quantitative estimate of drug-likeness (QED) is 0.671. The highest BCUT2D eigenvalue weighted by Crippen LogP contribution is 2.26. The number of nitrogens with two attached hydrogens (primary N) is 1. The summed E-state index contributed by atoms with van der Waals surface area (Å²) >= 11 is 0. The first-order valence-corrected chi connectivity index (χ1v) is 5.94. The van der Waals surface area contributed by atoms with E-state index in [1.54, 1.807) is 7.11 Å². The molecule has 0 heterocycles. The second-order valence-electron chi connectivity index (χ2n) is 4.63. The Morgan fingerprint density at radius 1 is 1.33 bits per heavy atom. The summed E-state index contributed by atoms with van der Waals surface area (Å²) in [6, 6.07) is 0.457. The maximum atomic E-state index is 5.89. The normalized spacial score (nSPS) is 14.6. The van der Waals surface area contributed by atoms with Gasteiger partial charge in [0.25, 0.3) is 0 Å². The van der Waals surface area contributed by atoms with Gasteiger partial charge in [-0.2, -0.15) is 0 Å². The van der Waals surface area contributed by atoms with Gasteiger partial charge in [0.2, 0.25) is 0 Å². The number of hydrogen-bond donors (Lipinski definition) is 1. The van der Waals surface area contributed by atoms with Gasteiger partial charge in [-0.1, -0.05) is 13.8 Å². The van der Waals surface area contributed by atoms with E-state index in [1.807, 2.05) is 0 Å². The number of rotatable bonds is 8. The van der Waals surface area contributed by atoms with Crippen molar-refractivity contribution in [2.75, 3.05) is 33.9 Å². The second kappa shape index (κ2) is 7.20. The Bertz CT molecular complexity index is 149. The number of ether oxygens (including phenoxy) is 1. The topological polar surface area (TPSA) is 38.5 Å². The summed E-state index contributed by atoms with van der Waals surface area (Å²) in [5.41, 5.74) is 6.17. The lowest BCUT2D eigenvalue weighted by atomic mass is 9.82. The predicted octanol–water partition coefficient (Wildman–Crippen LogP) is 1.72. The van der Waals surface area contributed by atoms with Gasteiger partial charge in [0.05, 0.1) is 6.61 Å². The molecule has 92 valence electrons. The maximum Gasteiger partial charge on any atom is 0.0615 e. The molecule has 0 aromatic heterocycles. The highest BCUT2D eigenvalue weighted by molar-refractivity contribution is 4.82. The van der Waals surface area contributed by atoms with Crippen molar-refractivity contribution in [3.8, 4) is 0 Å². The summed E-state index contributed by atoms with van der Waals surface area (Å²) < 4.78 is 5.17. The molecule has 0 aliphatic carbocycles. The Labute approximate surface area is 95.0 Å². The predicted molar refractivity (Wildman–Crippen MR) is 66.0 cm³/mol. The SMILES string of the molecule is CCC(CC)(CN)CN(C)C(C)COC. The first-order valence-electron chi connectivity index (χ1n) is 5.94. The van der Waals surface area contributed by atoms with E-state index in [1.165, 1.54) is 0 Å². The molecule has 2 N–H and O–H groups in total. The lowest BCUT2D eigenvalue weighted by Crippen LogP contribution is -2.44. The van der Waals surface area contributed by atoms with Crippen LogP contribution < -0.4 is 5.73 Å². The van der Waals surface area contributed by atoms with Crippen LogP contribution in [0.3, 0.4) is 0 Å². The van der Waals surface area contributed by atoms with Crippen molar-refractivity contribution in [3.63, 3.8) is 0 Å². The third-order valence-electron chi connectivity index (χ3n) is 3.68. The average molecular weight is 216 g/mol. The molecule has 0 saturated heterocycles. The first kappa shape index (κ1) is 14.9. The molecule has 1 unspecified atom stereocenters. The van der Waals surface area contributed by atoms with E-state index < -0.39 is 0 Å². The van der Waals surface area contributed by atoms with Gasteiger partial charge >= 0.3 is 0 Å². The lowest BCUT2D eigenvalue weighted by Gasteiger charge is -2.37. The Morgan fingerprint density at radius 3 is 2.20 bits per heavy atom. The highest BCUT2D eigenvalue weighted by Gasteiger charge is 2.27. The molecule has 3 nitrogen and oxygen atoms in total. The molecule has 0 amide bonds. The minimum Gasteiger partial charge on any atom is -0.383 e. The smallest absolute Gasteiger partial charge is 0.0615 e. The fourth-order valence-electron chi connectivity index (χ4n) is 1.88. The molecule has 0 spiro atoms. The molecule has 3 heteroatoms. The Hall–Kier alpha value is -0.120. The van der Waals surface area contributed by atoms with Crippen molar-refractivity contribution in [1.29, 1.82) is 0 Å². The van der Waals surface area contributed by atoms with Gasteiger partial charge in [-0.05, 0) is 38.8 Å². The van der Waals surface area contributed by atoms with Crippen molar-refractivity contribution in [2.24, 2.45) is 11.1 Å².